The molecule has 1 fully saturated rings. The molecular formula is C11H20O. The third-order valence-electron chi connectivity index (χ3n) is 3.13. The zero-order valence-electron chi connectivity index (χ0n) is 8.68. The van der Waals surface area contributed by atoms with Gasteiger partial charge in [-0.25, -0.2) is 0 Å². The average molecular weight is 168 g/mol. The van der Waals surface area contributed by atoms with Crippen molar-refractivity contribution in [3.8, 4) is 0 Å². The molecule has 0 N–H and O–H groups in total. The monoisotopic (exact) mass is 168 g/mol. The second kappa shape index (κ2) is 3.20. The van der Waals surface area contributed by atoms with Crippen LogP contribution in [0.25, 0.3) is 0 Å². The van der Waals surface area contributed by atoms with E-state index in [0.717, 1.165) is 12.8 Å². The average Bonchev–Trinajstić information content (AvgIpc) is 1.94. The summed E-state index contributed by atoms with van der Waals surface area (Å²) in [5, 5.41) is 0. The Bertz CT molecular complexity index is 179. The fourth-order valence-electron chi connectivity index (χ4n) is 2.16. The van der Waals surface area contributed by atoms with Crippen LogP contribution in [0.4, 0.5) is 0 Å². The molecule has 1 nitrogen and oxygen atoms in total. The maximum Gasteiger partial charge on any atom is 0.141 e. The SMILES string of the molecule is CC(C)C1CCCC(C)(C)C1=O. The summed E-state index contributed by atoms with van der Waals surface area (Å²) in [6.07, 6.45) is 3.41. The molecule has 0 aromatic heterocycles. The first kappa shape index (κ1) is 9.76. The Labute approximate surface area is 75.5 Å². The topological polar surface area (TPSA) is 17.1 Å². The summed E-state index contributed by atoms with van der Waals surface area (Å²) >= 11 is 0. The molecule has 0 amide bonds. The van der Waals surface area contributed by atoms with Gasteiger partial charge in [0.1, 0.15) is 5.78 Å². The van der Waals surface area contributed by atoms with Gasteiger partial charge in [0.05, 0.1) is 0 Å². The van der Waals surface area contributed by atoms with Gasteiger partial charge in [-0.1, -0.05) is 34.1 Å². The minimum absolute atomic E-state index is 0.0484. The summed E-state index contributed by atoms with van der Waals surface area (Å²) in [5.74, 6) is 1.34. The highest BCUT2D eigenvalue weighted by Crippen LogP contribution is 2.38. The smallest absolute Gasteiger partial charge is 0.141 e. The van der Waals surface area contributed by atoms with Crippen LogP contribution in [0.1, 0.15) is 47.0 Å². The van der Waals surface area contributed by atoms with Crippen LogP contribution in [0.3, 0.4) is 0 Å². The molecule has 0 aromatic rings. The molecule has 1 saturated carbocycles. The molecule has 0 heterocycles. The Hall–Kier alpha value is -0.330. The van der Waals surface area contributed by atoms with Crippen molar-refractivity contribution in [3.05, 3.63) is 0 Å². The Morgan fingerprint density at radius 1 is 1.42 bits per heavy atom. The van der Waals surface area contributed by atoms with Crippen LogP contribution in [0.2, 0.25) is 0 Å². The van der Waals surface area contributed by atoms with Gasteiger partial charge in [0, 0.05) is 11.3 Å². The lowest BCUT2D eigenvalue weighted by atomic mass is 9.68. The normalized spacial score (nSPS) is 29.4. The van der Waals surface area contributed by atoms with Gasteiger partial charge in [0.25, 0.3) is 0 Å². The number of rotatable bonds is 1. The second-order valence-electron chi connectivity index (χ2n) is 4.99. The summed E-state index contributed by atoms with van der Waals surface area (Å²) < 4.78 is 0. The molecule has 0 saturated heterocycles. The van der Waals surface area contributed by atoms with Gasteiger partial charge in [0.2, 0.25) is 0 Å². The summed E-state index contributed by atoms with van der Waals surface area (Å²) in [5.41, 5.74) is -0.0484. The third kappa shape index (κ3) is 1.70. The molecule has 0 bridgehead atoms. The fourth-order valence-corrected chi connectivity index (χ4v) is 2.16. The van der Waals surface area contributed by atoms with Gasteiger partial charge in [0.15, 0.2) is 0 Å². The van der Waals surface area contributed by atoms with Crippen LogP contribution >= 0.6 is 0 Å². The van der Waals surface area contributed by atoms with Crippen LogP contribution in [0.5, 0.6) is 0 Å². The number of hydrogen-bond donors (Lipinski definition) is 0. The van der Waals surface area contributed by atoms with E-state index in [0.29, 0.717) is 17.6 Å². The number of hydrogen-bond acceptors (Lipinski definition) is 1. The van der Waals surface area contributed by atoms with Crippen molar-refractivity contribution in [2.45, 2.75) is 47.0 Å². The fraction of sp³-hybridized carbons (Fsp3) is 0.909. The van der Waals surface area contributed by atoms with Crippen molar-refractivity contribution in [2.75, 3.05) is 0 Å². The number of carbonyl (C=O) groups is 1. The molecule has 1 heteroatoms. The molecule has 1 aliphatic carbocycles. The predicted molar refractivity (Wildman–Crippen MR) is 51.0 cm³/mol. The Morgan fingerprint density at radius 3 is 2.42 bits per heavy atom. The van der Waals surface area contributed by atoms with Crippen molar-refractivity contribution in [1.82, 2.24) is 0 Å². The van der Waals surface area contributed by atoms with Crippen LogP contribution in [-0.2, 0) is 4.79 Å². The molecule has 70 valence electrons. The van der Waals surface area contributed by atoms with Crippen molar-refractivity contribution in [3.63, 3.8) is 0 Å². The zero-order valence-corrected chi connectivity index (χ0v) is 8.68. The highest BCUT2D eigenvalue weighted by Gasteiger charge is 2.38. The van der Waals surface area contributed by atoms with E-state index < -0.39 is 0 Å². The summed E-state index contributed by atoms with van der Waals surface area (Å²) in [4.78, 5) is 11.9. The Kier molecular flexibility index (Phi) is 2.60. The maximum absolute atomic E-state index is 11.9. The van der Waals surface area contributed by atoms with Gasteiger partial charge in [-0.2, -0.15) is 0 Å². The van der Waals surface area contributed by atoms with Gasteiger partial charge < -0.3 is 0 Å². The second-order valence-corrected chi connectivity index (χ2v) is 4.99. The van der Waals surface area contributed by atoms with E-state index in [-0.39, 0.29) is 5.41 Å². The van der Waals surface area contributed by atoms with Gasteiger partial charge in [-0.15, -0.1) is 0 Å². The standard InChI is InChI=1S/C11H20O/c1-8(2)9-6-5-7-11(3,4)10(9)12/h8-9H,5-7H2,1-4H3. The first-order valence-electron chi connectivity index (χ1n) is 4.99. The van der Waals surface area contributed by atoms with Crippen molar-refractivity contribution in [2.24, 2.45) is 17.3 Å². The first-order valence-corrected chi connectivity index (χ1v) is 4.99. The largest absolute Gasteiger partial charge is 0.299 e. The van der Waals surface area contributed by atoms with E-state index in [9.17, 15) is 4.79 Å². The minimum atomic E-state index is -0.0484. The Morgan fingerprint density at radius 2 is 2.00 bits per heavy atom. The molecule has 1 aliphatic rings. The van der Waals surface area contributed by atoms with Gasteiger partial charge in [-0.3, -0.25) is 4.79 Å². The molecule has 0 radical (unpaired) electrons. The molecule has 1 rings (SSSR count). The van der Waals surface area contributed by atoms with E-state index in [1.807, 2.05) is 0 Å². The van der Waals surface area contributed by atoms with Crippen LogP contribution in [-0.4, -0.2) is 5.78 Å². The molecule has 12 heavy (non-hydrogen) atoms. The maximum atomic E-state index is 11.9. The lowest BCUT2D eigenvalue weighted by Gasteiger charge is -2.35. The summed E-state index contributed by atoms with van der Waals surface area (Å²) in [7, 11) is 0. The van der Waals surface area contributed by atoms with Crippen LogP contribution in [0.15, 0.2) is 0 Å². The summed E-state index contributed by atoms with van der Waals surface area (Å²) in [6, 6.07) is 0. The number of Topliss-reactive ketones (excluding diaryl/α,β-unsaturated/α-hetero) is 1. The molecule has 1 unspecified atom stereocenters. The molecule has 0 aliphatic heterocycles. The summed E-state index contributed by atoms with van der Waals surface area (Å²) in [6.45, 7) is 8.49. The van der Waals surface area contributed by atoms with Crippen molar-refractivity contribution < 1.29 is 4.79 Å². The number of carbonyl (C=O) groups excluding carboxylic acids is 1. The molecular weight excluding hydrogens is 148 g/mol. The molecule has 0 spiro atoms. The van der Waals surface area contributed by atoms with Crippen LogP contribution in [0, 0.1) is 17.3 Å². The van der Waals surface area contributed by atoms with E-state index in [2.05, 4.69) is 27.7 Å². The molecule has 0 aromatic carbocycles. The van der Waals surface area contributed by atoms with Crippen molar-refractivity contribution >= 4 is 5.78 Å². The van der Waals surface area contributed by atoms with E-state index in [1.165, 1.54) is 6.42 Å². The van der Waals surface area contributed by atoms with Gasteiger partial charge in [-0.05, 0) is 18.8 Å². The zero-order chi connectivity index (χ0) is 9.35. The van der Waals surface area contributed by atoms with Crippen molar-refractivity contribution in [1.29, 1.82) is 0 Å². The van der Waals surface area contributed by atoms with Crippen LogP contribution < -0.4 is 0 Å². The number of ketones is 1. The quantitative estimate of drug-likeness (QED) is 0.588. The van der Waals surface area contributed by atoms with Gasteiger partial charge >= 0.3 is 0 Å². The van der Waals surface area contributed by atoms with E-state index in [4.69, 9.17) is 0 Å². The van der Waals surface area contributed by atoms with E-state index >= 15 is 0 Å². The lowest BCUT2D eigenvalue weighted by molar-refractivity contribution is -0.135. The highest BCUT2D eigenvalue weighted by molar-refractivity contribution is 5.87. The Balaban J connectivity index is 2.73. The minimum Gasteiger partial charge on any atom is -0.299 e. The predicted octanol–water partition coefficient (Wildman–Crippen LogP) is 3.04. The molecule has 1 atom stereocenters. The highest BCUT2D eigenvalue weighted by atomic mass is 16.1. The first-order chi connectivity index (χ1) is 5.45. The lowest BCUT2D eigenvalue weighted by Crippen LogP contribution is -2.37. The third-order valence-corrected chi connectivity index (χ3v) is 3.13. The van der Waals surface area contributed by atoms with E-state index in [1.54, 1.807) is 0 Å².